The first-order valence-electron chi connectivity index (χ1n) is 9.75. The van der Waals surface area contributed by atoms with Crippen LogP contribution in [0.15, 0.2) is 43.0 Å². The number of carbonyl (C=O) groups is 1. The number of amides is 1. The molecular formula is C21H35N2O4P. The lowest BCUT2D eigenvalue weighted by Gasteiger charge is -2.43. The van der Waals surface area contributed by atoms with Crippen LogP contribution in [0.1, 0.15) is 38.7 Å². The molecule has 0 saturated carbocycles. The maximum atomic E-state index is 12.7. The molecule has 6 nitrogen and oxygen atoms in total. The average molecular weight is 410 g/mol. The van der Waals surface area contributed by atoms with Gasteiger partial charge >= 0.3 is 0 Å². The van der Waals surface area contributed by atoms with E-state index in [2.05, 4.69) is 6.58 Å². The van der Waals surface area contributed by atoms with Crippen LogP contribution in [0, 0.1) is 0 Å². The third-order valence-electron chi connectivity index (χ3n) is 4.85. The molecule has 7 heteroatoms. The zero-order valence-corrected chi connectivity index (χ0v) is 18.4. The standard InChI is InChI=1S/C21H35N2O4P/c1-6-11-20(23(26)17(3)24)22(16-7-2)19(21(25)28(4,5)27)15-14-18-12-9-8-10-13-18/h7-10,12-13,19-21,25-26H,2,6,11,14-16H2,1,3-5H3. The van der Waals surface area contributed by atoms with Crippen LogP contribution in [0.2, 0.25) is 0 Å². The molecule has 0 aliphatic carbocycles. The van der Waals surface area contributed by atoms with E-state index >= 15 is 0 Å². The Balaban J connectivity index is 3.26. The number of rotatable bonds is 12. The second-order valence-electron chi connectivity index (χ2n) is 7.56. The van der Waals surface area contributed by atoms with Crippen molar-refractivity contribution in [3.05, 3.63) is 48.6 Å². The van der Waals surface area contributed by atoms with Gasteiger partial charge in [0, 0.05) is 19.5 Å². The number of aliphatic hydroxyl groups excluding tert-OH is 1. The highest BCUT2D eigenvalue weighted by Crippen LogP contribution is 2.45. The molecule has 3 unspecified atom stereocenters. The summed E-state index contributed by atoms with van der Waals surface area (Å²) < 4.78 is 12.7. The molecule has 158 valence electrons. The average Bonchev–Trinajstić information content (AvgIpc) is 2.64. The van der Waals surface area contributed by atoms with E-state index in [0.29, 0.717) is 30.9 Å². The lowest BCUT2D eigenvalue weighted by Crippen LogP contribution is -2.56. The number of carbonyl (C=O) groups excluding carboxylic acids is 1. The van der Waals surface area contributed by atoms with E-state index in [1.54, 1.807) is 19.4 Å². The van der Waals surface area contributed by atoms with E-state index in [1.165, 1.54) is 6.92 Å². The minimum atomic E-state index is -2.83. The highest BCUT2D eigenvalue weighted by atomic mass is 31.2. The number of hydroxylamine groups is 2. The van der Waals surface area contributed by atoms with Gasteiger partial charge in [-0.05, 0) is 38.2 Å². The Morgan fingerprint density at radius 1 is 1.25 bits per heavy atom. The van der Waals surface area contributed by atoms with Crippen molar-refractivity contribution in [2.75, 3.05) is 19.9 Å². The largest absolute Gasteiger partial charge is 0.384 e. The summed E-state index contributed by atoms with van der Waals surface area (Å²) in [6.45, 7) is 10.5. The van der Waals surface area contributed by atoms with Crippen LogP contribution in [0.3, 0.4) is 0 Å². The van der Waals surface area contributed by atoms with Crippen LogP contribution in [-0.4, -0.2) is 64.1 Å². The van der Waals surface area contributed by atoms with Gasteiger partial charge in [0.1, 0.15) is 19.2 Å². The molecule has 2 N–H and O–H groups in total. The SMILES string of the molecule is C=CCN(C(CCc1ccccc1)C(O)P(C)(C)=O)C(CCC)N(O)C(C)=O. The number of aryl methyl sites for hydroxylation is 1. The Hall–Kier alpha value is -1.46. The van der Waals surface area contributed by atoms with Crippen molar-refractivity contribution in [3.8, 4) is 0 Å². The van der Waals surface area contributed by atoms with Gasteiger partial charge in [-0.2, -0.15) is 0 Å². The van der Waals surface area contributed by atoms with Crippen molar-refractivity contribution in [1.29, 1.82) is 0 Å². The van der Waals surface area contributed by atoms with Crippen molar-refractivity contribution in [2.24, 2.45) is 0 Å². The van der Waals surface area contributed by atoms with Crippen LogP contribution in [0.25, 0.3) is 0 Å². The predicted octanol–water partition coefficient (Wildman–Crippen LogP) is 3.78. The fourth-order valence-electron chi connectivity index (χ4n) is 3.38. The van der Waals surface area contributed by atoms with Crippen molar-refractivity contribution < 1.29 is 19.7 Å². The van der Waals surface area contributed by atoms with Gasteiger partial charge < -0.3 is 9.67 Å². The Kier molecular flexibility index (Phi) is 10.1. The molecule has 0 fully saturated rings. The van der Waals surface area contributed by atoms with Crippen molar-refractivity contribution in [1.82, 2.24) is 9.96 Å². The molecule has 28 heavy (non-hydrogen) atoms. The molecule has 1 aromatic rings. The number of aliphatic hydroxyl groups is 1. The fraction of sp³-hybridized carbons (Fsp3) is 0.571. The molecule has 0 aromatic heterocycles. The van der Waals surface area contributed by atoms with E-state index in [-0.39, 0.29) is 0 Å². The molecule has 0 aliphatic heterocycles. The quantitative estimate of drug-likeness (QED) is 0.180. The molecule has 0 heterocycles. The molecule has 0 aliphatic rings. The zero-order valence-electron chi connectivity index (χ0n) is 17.5. The van der Waals surface area contributed by atoms with Gasteiger partial charge in [-0.25, -0.2) is 5.06 Å². The van der Waals surface area contributed by atoms with Gasteiger partial charge in [0.15, 0.2) is 0 Å². The smallest absolute Gasteiger partial charge is 0.244 e. The Morgan fingerprint density at radius 2 is 1.86 bits per heavy atom. The molecular weight excluding hydrogens is 375 g/mol. The second kappa shape index (κ2) is 11.5. The summed E-state index contributed by atoms with van der Waals surface area (Å²) in [4.78, 5) is 13.7. The van der Waals surface area contributed by atoms with E-state index in [4.69, 9.17) is 0 Å². The van der Waals surface area contributed by atoms with Crippen LogP contribution in [0.5, 0.6) is 0 Å². The summed E-state index contributed by atoms with van der Waals surface area (Å²) in [7, 11) is -2.83. The summed E-state index contributed by atoms with van der Waals surface area (Å²) in [6, 6.07) is 9.38. The Bertz CT molecular complexity index is 662. The number of hydrogen-bond donors (Lipinski definition) is 2. The van der Waals surface area contributed by atoms with Crippen LogP contribution < -0.4 is 0 Å². The van der Waals surface area contributed by atoms with Crippen LogP contribution in [0.4, 0.5) is 0 Å². The number of benzene rings is 1. The maximum Gasteiger partial charge on any atom is 0.244 e. The minimum absolute atomic E-state index is 0.353. The van der Waals surface area contributed by atoms with Gasteiger partial charge in [-0.3, -0.25) is 14.9 Å². The molecule has 0 bridgehead atoms. The zero-order chi connectivity index (χ0) is 21.3. The van der Waals surface area contributed by atoms with Gasteiger partial charge in [0.25, 0.3) is 0 Å². The molecule has 1 aromatic carbocycles. The first kappa shape index (κ1) is 24.6. The van der Waals surface area contributed by atoms with Crippen LogP contribution in [-0.2, 0) is 15.8 Å². The summed E-state index contributed by atoms with van der Waals surface area (Å²) in [5, 5.41) is 22.0. The third kappa shape index (κ3) is 7.17. The summed E-state index contributed by atoms with van der Waals surface area (Å²) in [5.74, 6) is -1.55. The normalized spacial score (nSPS) is 15.1. The minimum Gasteiger partial charge on any atom is -0.384 e. The third-order valence-corrected chi connectivity index (χ3v) is 6.47. The van der Waals surface area contributed by atoms with Gasteiger partial charge in [-0.15, -0.1) is 6.58 Å². The maximum absolute atomic E-state index is 12.7. The first-order chi connectivity index (χ1) is 13.1. The molecule has 1 rings (SSSR count). The van der Waals surface area contributed by atoms with Crippen LogP contribution >= 0.6 is 7.14 Å². The second-order valence-corrected chi connectivity index (χ2v) is 11.0. The monoisotopic (exact) mass is 410 g/mol. The Morgan fingerprint density at radius 3 is 2.32 bits per heavy atom. The lowest BCUT2D eigenvalue weighted by molar-refractivity contribution is -0.196. The van der Waals surface area contributed by atoms with Crippen molar-refractivity contribution in [2.45, 2.75) is 57.6 Å². The lowest BCUT2D eigenvalue weighted by atomic mass is 10.0. The fourth-order valence-corrected chi connectivity index (χ4v) is 4.53. The number of nitrogens with zero attached hydrogens (tertiary/aromatic N) is 2. The summed E-state index contributed by atoms with van der Waals surface area (Å²) in [6.07, 6.45) is 3.53. The highest BCUT2D eigenvalue weighted by molar-refractivity contribution is 7.62. The van der Waals surface area contributed by atoms with Gasteiger partial charge in [0.2, 0.25) is 5.91 Å². The van der Waals surface area contributed by atoms with Gasteiger partial charge in [-0.1, -0.05) is 49.8 Å². The Labute approximate surface area is 169 Å². The van der Waals surface area contributed by atoms with Gasteiger partial charge in [0.05, 0.1) is 0 Å². The van der Waals surface area contributed by atoms with E-state index in [0.717, 1.165) is 12.0 Å². The summed E-state index contributed by atoms with van der Waals surface area (Å²) >= 11 is 0. The van der Waals surface area contributed by atoms with Crippen molar-refractivity contribution in [3.63, 3.8) is 0 Å². The molecule has 1 amide bonds. The van der Waals surface area contributed by atoms with E-state index in [9.17, 15) is 19.7 Å². The molecule has 3 atom stereocenters. The molecule has 0 radical (unpaired) electrons. The summed E-state index contributed by atoms with van der Waals surface area (Å²) in [5.41, 5.74) is 1.11. The van der Waals surface area contributed by atoms with E-state index < -0.39 is 31.1 Å². The van der Waals surface area contributed by atoms with Crippen molar-refractivity contribution >= 4 is 13.0 Å². The topological polar surface area (TPSA) is 81.1 Å². The highest BCUT2D eigenvalue weighted by Gasteiger charge is 2.38. The molecule has 0 saturated heterocycles. The first-order valence-corrected chi connectivity index (χ1v) is 12.4. The molecule has 0 spiro atoms. The van der Waals surface area contributed by atoms with E-state index in [1.807, 2.05) is 42.2 Å². The number of hydrogen-bond acceptors (Lipinski definition) is 5. The predicted molar refractivity (Wildman–Crippen MR) is 114 cm³/mol.